The third-order valence-corrected chi connectivity index (χ3v) is 4.12. The molecule has 0 aromatic heterocycles. The first kappa shape index (κ1) is 16.8. The van der Waals surface area contributed by atoms with Gasteiger partial charge in [0.25, 0.3) is 0 Å². The second kappa shape index (κ2) is 8.82. The van der Waals surface area contributed by atoms with Crippen LogP contribution >= 0.6 is 0 Å². The van der Waals surface area contributed by atoms with Crippen molar-refractivity contribution in [3.05, 3.63) is 0 Å². The molecule has 1 fully saturated rings. The number of aliphatic carboxylic acids is 1. The largest absolute Gasteiger partial charge is 0.481 e. The number of nitrogens with zero attached hydrogens (tertiary/aromatic N) is 1. The SMILES string of the molecule is CCCCCCCC[C@H]1C[C@H](C(=O)O)CN(C(=O)O)C1. The van der Waals surface area contributed by atoms with Crippen LogP contribution in [0.2, 0.25) is 0 Å². The molecule has 0 aromatic rings. The van der Waals surface area contributed by atoms with Crippen LogP contribution in [0.3, 0.4) is 0 Å². The molecule has 0 aromatic carbocycles. The first-order valence-corrected chi connectivity index (χ1v) is 7.75. The van der Waals surface area contributed by atoms with Gasteiger partial charge in [-0.15, -0.1) is 0 Å². The average Bonchev–Trinajstić information content (AvgIpc) is 2.42. The number of rotatable bonds is 8. The molecule has 5 heteroatoms. The number of hydrogen-bond acceptors (Lipinski definition) is 2. The van der Waals surface area contributed by atoms with Crippen molar-refractivity contribution in [2.45, 2.75) is 58.3 Å². The molecule has 0 saturated carbocycles. The summed E-state index contributed by atoms with van der Waals surface area (Å²) in [6, 6.07) is 0. The van der Waals surface area contributed by atoms with E-state index in [1.807, 2.05) is 0 Å². The lowest BCUT2D eigenvalue weighted by Crippen LogP contribution is -2.45. The van der Waals surface area contributed by atoms with Crippen LogP contribution in [0.4, 0.5) is 4.79 Å². The van der Waals surface area contributed by atoms with Crippen molar-refractivity contribution in [3.8, 4) is 0 Å². The van der Waals surface area contributed by atoms with Crippen molar-refractivity contribution < 1.29 is 19.8 Å². The number of hydrogen-bond donors (Lipinski definition) is 2. The molecule has 2 atom stereocenters. The third-order valence-electron chi connectivity index (χ3n) is 4.12. The average molecular weight is 285 g/mol. The summed E-state index contributed by atoms with van der Waals surface area (Å²) in [6.45, 7) is 2.82. The van der Waals surface area contributed by atoms with Crippen molar-refractivity contribution in [2.24, 2.45) is 11.8 Å². The topological polar surface area (TPSA) is 77.8 Å². The van der Waals surface area contributed by atoms with Crippen LogP contribution in [0.1, 0.15) is 58.3 Å². The van der Waals surface area contributed by atoms with Gasteiger partial charge in [0.1, 0.15) is 0 Å². The van der Waals surface area contributed by atoms with Gasteiger partial charge in [-0.25, -0.2) is 4.79 Å². The van der Waals surface area contributed by atoms with Gasteiger partial charge in [-0.1, -0.05) is 45.4 Å². The van der Waals surface area contributed by atoms with Crippen LogP contribution in [0, 0.1) is 11.8 Å². The van der Waals surface area contributed by atoms with Gasteiger partial charge < -0.3 is 15.1 Å². The van der Waals surface area contributed by atoms with Crippen LogP contribution in [0.15, 0.2) is 0 Å². The fourth-order valence-corrected chi connectivity index (χ4v) is 2.96. The highest BCUT2D eigenvalue weighted by Gasteiger charge is 2.33. The second-order valence-corrected chi connectivity index (χ2v) is 5.88. The number of piperidine rings is 1. The van der Waals surface area contributed by atoms with Gasteiger partial charge in [0.15, 0.2) is 0 Å². The van der Waals surface area contributed by atoms with Gasteiger partial charge in [-0.3, -0.25) is 4.79 Å². The Balaban J connectivity index is 2.32. The first-order valence-electron chi connectivity index (χ1n) is 7.75. The lowest BCUT2D eigenvalue weighted by atomic mass is 9.86. The molecular weight excluding hydrogens is 258 g/mol. The highest BCUT2D eigenvalue weighted by atomic mass is 16.4. The molecule has 2 N–H and O–H groups in total. The van der Waals surface area contributed by atoms with E-state index in [9.17, 15) is 9.59 Å². The van der Waals surface area contributed by atoms with Crippen LogP contribution in [-0.2, 0) is 4.79 Å². The molecule has 1 aliphatic heterocycles. The highest BCUT2D eigenvalue weighted by molar-refractivity contribution is 5.72. The quantitative estimate of drug-likeness (QED) is 0.670. The Morgan fingerprint density at radius 3 is 2.30 bits per heavy atom. The van der Waals surface area contributed by atoms with Crippen LogP contribution < -0.4 is 0 Å². The molecule has 1 aliphatic rings. The van der Waals surface area contributed by atoms with E-state index in [-0.39, 0.29) is 12.5 Å². The molecule has 20 heavy (non-hydrogen) atoms. The van der Waals surface area contributed by atoms with E-state index in [4.69, 9.17) is 10.2 Å². The third kappa shape index (κ3) is 5.80. The molecule has 0 bridgehead atoms. The summed E-state index contributed by atoms with van der Waals surface area (Å²) < 4.78 is 0. The molecule has 116 valence electrons. The number of carboxylic acid groups (broad SMARTS) is 2. The molecule has 0 radical (unpaired) electrons. The summed E-state index contributed by atoms with van der Waals surface area (Å²) in [5.74, 6) is -1.21. The first-order chi connectivity index (χ1) is 9.54. The predicted octanol–water partition coefficient (Wildman–Crippen LogP) is 3.44. The predicted molar refractivity (Wildman–Crippen MR) is 76.8 cm³/mol. The number of unbranched alkanes of at least 4 members (excludes halogenated alkanes) is 5. The lowest BCUT2D eigenvalue weighted by Gasteiger charge is -2.34. The summed E-state index contributed by atoms with van der Waals surface area (Å²) in [4.78, 5) is 23.4. The maximum Gasteiger partial charge on any atom is 0.407 e. The fourth-order valence-electron chi connectivity index (χ4n) is 2.96. The van der Waals surface area contributed by atoms with E-state index < -0.39 is 18.0 Å². The van der Waals surface area contributed by atoms with Crippen molar-refractivity contribution in [1.82, 2.24) is 4.90 Å². The standard InChI is InChI=1S/C15H27NO4/c1-2-3-4-5-6-7-8-12-9-13(14(17)18)11-16(10-12)15(19)20/h12-13H,2-11H2,1H3,(H,17,18)(H,19,20)/t12-,13-/m0/s1. The zero-order chi connectivity index (χ0) is 15.0. The molecule has 1 rings (SSSR count). The van der Waals surface area contributed by atoms with Gasteiger partial charge in [-0.05, 0) is 18.8 Å². The van der Waals surface area contributed by atoms with Crippen LogP contribution in [0.5, 0.6) is 0 Å². The Labute approximate surface area is 121 Å². The number of carbonyl (C=O) groups is 2. The summed E-state index contributed by atoms with van der Waals surface area (Å²) >= 11 is 0. The van der Waals surface area contributed by atoms with E-state index in [0.29, 0.717) is 13.0 Å². The van der Waals surface area contributed by atoms with E-state index in [1.165, 1.54) is 37.0 Å². The molecule has 0 aliphatic carbocycles. The van der Waals surface area contributed by atoms with Crippen molar-refractivity contribution >= 4 is 12.1 Å². The van der Waals surface area contributed by atoms with Crippen LogP contribution in [-0.4, -0.2) is 40.3 Å². The number of carboxylic acids is 1. The maximum absolute atomic E-state index is 11.1. The van der Waals surface area contributed by atoms with E-state index >= 15 is 0 Å². The highest BCUT2D eigenvalue weighted by Crippen LogP contribution is 2.26. The second-order valence-electron chi connectivity index (χ2n) is 5.88. The summed E-state index contributed by atoms with van der Waals surface area (Å²) in [7, 11) is 0. The van der Waals surface area contributed by atoms with Gasteiger partial charge in [0.05, 0.1) is 5.92 Å². The molecular formula is C15H27NO4. The Kier molecular flexibility index (Phi) is 7.41. The van der Waals surface area contributed by atoms with E-state index in [1.54, 1.807) is 0 Å². The molecule has 0 spiro atoms. The molecule has 1 saturated heterocycles. The molecule has 0 unspecified atom stereocenters. The van der Waals surface area contributed by atoms with Gasteiger partial charge in [-0.2, -0.15) is 0 Å². The van der Waals surface area contributed by atoms with Crippen molar-refractivity contribution in [2.75, 3.05) is 13.1 Å². The number of amides is 1. The zero-order valence-corrected chi connectivity index (χ0v) is 12.4. The van der Waals surface area contributed by atoms with Gasteiger partial charge in [0, 0.05) is 13.1 Å². The minimum atomic E-state index is -0.996. The fraction of sp³-hybridized carbons (Fsp3) is 0.867. The maximum atomic E-state index is 11.1. The molecule has 5 nitrogen and oxygen atoms in total. The Bertz CT molecular complexity index is 297. The summed E-state index contributed by atoms with van der Waals surface area (Å²) in [6.07, 6.45) is 7.81. The molecule has 1 amide bonds. The Morgan fingerprint density at radius 2 is 1.70 bits per heavy atom. The minimum Gasteiger partial charge on any atom is -0.481 e. The number of likely N-dealkylation sites (tertiary alicyclic amines) is 1. The van der Waals surface area contributed by atoms with Gasteiger partial charge in [0.2, 0.25) is 0 Å². The van der Waals surface area contributed by atoms with E-state index in [2.05, 4.69) is 6.92 Å². The smallest absolute Gasteiger partial charge is 0.407 e. The van der Waals surface area contributed by atoms with Crippen molar-refractivity contribution in [1.29, 1.82) is 0 Å². The zero-order valence-electron chi connectivity index (χ0n) is 12.4. The monoisotopic (exact) mass is 285 g/mol. The minimum absolute atomic E-state index is 0.137. The Morgan fingerprint density at radius 1 is 1.05 bits per heavy atom. The molecule has 1 heterocycles. The van der Waals surface area contributed by atoms with Gasteiger partial charge >= 0.3 is 12.1 Å². The van der Waals surface area contributed by atoms with Crippen LogP contribution in [0.25, 0.3) is 0 Å². The Hall–Kier alpha value is -1.26. The lowest BCUT2D eigenvalue weighted by molar-refractivity contribution is -0.144. The van der Waals surface area contributed by atoms with E-state index in [0.717, 1.165) is 12.8 Å². The van der Waals surface area contributed by atoms with Crippen molar-refractivity contribution in [3.63, 3.8) is 0 Å². The summed E-state index contributed by atoms with van der Waals surface area (Å²) in [5.41, 5.74) is 0. The normalized spacial score (nSPS) is 22.8. The summed E-state index contributed by atoms with van der Waals surface area (Å²) in [5, 5.41) is 18.2.